The number of thiazole rings is 1. The maximum Gasteiger partial charge on any atom is 0.250 e. The predicted octanol–water partition coefficient (Wildman–Crippen LogP) is 3.10. The van der Waals surface area contributed by atoms with E-state index < -0.39 is 0 Å². The molecule has 0 atom stereocenters. The molecule has 1 aliphatic heterocycles. The highest BCUT2D eigenvalue weighted by molar-refractivity contribution is 7.22. The topological polar surface area (TPSA) is 76.4 Å². The molecule has 0 spiro atoms. The third kappa shape index (κ3) is 4.50. The number of benzene rings is 2. The lowest BCUT2D eigenvalue weighted by Gasteiger charge is -2.27. The van der Waals surface area contributed by atoms with Crippen molar-refractivity contribution >= 4 is 43.6 Å². The van der Waals surface area contributed by atoms with E-state index in [1.165, 1.54) is 5.56 Å². The maximum absolute atomic E-state index is 13.5. The van der Waals surface area contributed by atoms with Gasteiger partial charge in [0.25, 0.3) is 5.91 Å². The zero-order chi connectivity index (χ0) is 21.9. The Labute approximate surface area is 190 Å². The second kappa shape index (κ2) is 9.32. The van der Waals surface area contributed by atoms with Gasteiger partial charge in [0, 0.05) is 26.2 Å². The van der Waals surface area contributed by atoms with Gasteiger partial charge in [0.2, 0.25) is 0 Å². The lowest BCUT2D eigenvalue weighted by Crippen LogP contribution is -2.40. The molecule has 0 saturated carbocycles. The Morgan fingerprint density at radius 2 is 2.00 bits per heavy atom. The fourth-order valence-electron chi connectivity index (χ4n) is 3.99. The smallest absolute Gasteiger partial charge is 0.250 e. The number of amides is 1. The number of carbonyl (C=O) groups is 1. The van der Waals surface area contributed by atoms with E-state index in [1.54, 1.807) is 16.0 Å². The highest BCUT2D eigenvalue weighted by atomic mass is 32.1. The molecule has 1 amide bonds. The molecule has 166 valence electrons. The third-order valence-electron chi connectivity index (χ3n) is 5.73. The molecule has 2 aromatic carbocycles. The lowest BCUT2D eigenvalue weighted by molar-refractivity contribution is -0.119. The molecule has 2 aromatic heterocycles. The summed E-state index contributed by atoms with van der Waals surface area (Å²) in [7, 11) is 0. The molecule has 0 unspecified atom stereocenters. The number of hydrogen-bond acceptors (Lipinski definition) is 7. The average molecular weight is 451 g/mol. The number of nitrogens with zero attached hydrogens (tertiary/aromatic N) is 6. The number of carbonyl (C=O) groups excluding carboxylic acids is 1. The lowest BCUT2D eigenvalue weighted by atomic mass is 10.2. The monoisotopic (exact) mass is 450 g/mol. The molecular formula is C23H26N6O2S. The second-order valence-corrected chi connectivity index (χ2v) is 9.07. The number of fused-ring (bicyclic) bond motifs is 2. The van der Waals surface area contributed by atoms with Crippen molar-refractivity contribution in [3.05, 3.63) is 48.0 Å². The van der Waals surface area contributed by atoms with Gasteiger partial charge in [-0.3, -0.25) is 14.6 Å². The second-order valence-electron chi connectivity index (χ2n) is 8.06. The first kappa shape index (κ1) is 21.0. The molecule has 0 bridgehead atoms. The van der Waals surface area contributed by atoms with Crippen LogP contribution in [-0.4, -0.2) is 70.2 Å². The van der Waals surface area contributed by atoms with Gasteiger partial charge in [0.15, 0.2) is 5.13 Å². The summed E-state index contributed by atoms with van der Waals surface area (Å²) >= 11 is 1.57. The molecular weight excluding hydrogens is 424 g/mol. The standard InChI is InChI=1S/C23H26N6O2S/c1-17-7-8-19-21(15-17)32-23(24-19)28(10-4-9-27-11-13-31-14-12-27)22(30)16-29-20-6-3-2-5-18(20)25-26-29/h2-3,5-8,15H,4,9-14,16H2,1H3. The van der Waals surface area contributed by atoms with Crippen molar-refractivity contribution in [2.75, 3.05) is 44.3 Å². The summed E-state index contributed by atoms with van der Waals surface area (Å²) < 4.78 is 8.21. The Hall–Kier alpha value is -2.88. The molecule has 32 heavy (non-hydrogen) atoms. The van der Waals surface area contributed by atoms with Crippen LogP contribution in [0.3, 0.4) is 0 Å². The summed E-state index contributed by atoms with van der Waals surface area (Å²) in [5.41, 5.74) is 3.75. The Bertz CT molecular complexity index is 1230. The van der Waals surface area contributed by atoms with Gasteiger partial charge in [-0.1, -0.05) is 34.7 Å². The van der Waals surface area contributed by atoms with Crippen molar-refractivity contribution < 1.29 is 9.53 Å². The number of rotatable bonds is 7. The highest BCUT2D eigenvalue weighted by Gasteiger charge is 2.22. The van der Waals surface area contributed by atoms with Gasteiger partial charge in [0.1, 0.15) is 12.1 Å². The SMILES string of the molecule is Cc1ccc2nc(N(CCCN3CCOCC3)C(=O)Cn3nnc4ccccc43)sc2c1. The number of aromatic nitrogens is 4. The number of anilines is 1. The van der Waals surface area contributed by atoms with Crippen molar-refractivity contribution in [2.24, 2.45) is 0 Å². The molecule has 0 aliphatic carbocycles. The molecule has 1 fully saturated rings. The van der Waals surface area contributed by atoms with E-state index in [0.29, 0.717) is 6.54 Å². The van der Waals surface area contributed by atoms with Gasteiger partial charge in [-0.05, 0) is 43.2 Å². The van der Waals surface area contributed by atoms with E-state index in [1.807, 2.05) is 35.2 Å². The van der Waals surface area contributed by atoms with Gasteiger partial charge in [0.05, 0.1) is 28.9 Å². The molecule has 5 rings (SSSR count). The zero-order valence-corrected chi connectivity index (χ0v) is 18.9. The molecule has 0 N–H and O–H groups in total. The zero-order valence-electron chi connectivity index (χ0n) is 18.1. The van der Waals surface area contributed by atoms with E-state index >= 15 is 0 Å². The average Bonchev–Trinajstić information content (AvgIpc) is 3.41. The first-order chi connectivity index (χ1) is 15.7. The van der Waals surface area contributed by atoms with Crippen LogP contribution in [0.1, 0.15) is 12.0 Å². The minimum absolute atomic E-state index is 0.0293. The summed E-state index contributed by atoms with van der Waals surface area (Å²) in [6.45, 7) is 7.19. The van der Waals surface area contributed by atoms with Crippen LogP contribution in [0.15, 0.2) is 42.5 Å². The van der Waals surface area contributed by atoms with E-state index in [-0.39, 0.29) is 12.5 Å². The Morgan fingerprint density at radius 1 is 1.16 bits per heavy atom. The van der Waals surface area contributed by atoms with Crippen LogP contribution in [-0.2, 0) is 16.1 Å². The minimum atomic E-state index is -0.0293. The Kier molecular flexibility index (Phi) is 6.11. The fraction of sp³-hybridized carbons (Fsp3) is 0.391. The van der Waals surface area contributed by atoms with Crippen molar-refractivity contribution in [2.45, 2.75) is 19.9 Å². The maximum atomic E-state index is 13.5. The summed E-state index contributed by atoms with van der Waals surface area (Å²) in [6.07, 6.45) is 0.874. The largest absolute Gasteiger partial charge is 0.379 e. The first-order valence-corrected chi connectivity index (χ1v) is 11.7. The van der Waals surface area contributed by atoms with Crippen LogP contribution in [0.4, 0.5) is 5.13 Å². The van der Waals surface area contributed by atoms with Crippen LogP contribution in [0.5, 0.6) is 0 Å². The van der Waals surface area contributed by atoms with Crippen LogP contribution >= 0.6 is 11.3 Å². The summed E-state index contributed by atoms with van der Waals surface area (Å²) in [5.74, 6) is -0.0293. The van der Waals surface area contributed by atoms with Crippen LogP contribution in [0, 0.1) is 6.92 Å². The molecule has 0 radical (unpaired) electrons. The third-order valence-corrected chi connectivity index (χ3v) is 6.77. The first-order valence-electron chi connectivity index (χ1n) is 10.9. The molecule has 1 aliphatic rings. The summed E-state index contributed by atoms with van der Waals surface area (Å²) in [6, 6.07) is 13.9. The van der Waals surface area contributed by atoms with Crippen LogP contribution in [0.2, 0.25) is 0 Å². The molecule has 1 saturated heterocycles. The molecule has 8 nitrogen and oxygen atoms in total. The normalized spacial score (nSPS) is 14.9. The Morgan fingerprint density at radius 3 is 2.88 bits per heavy atom. The van der Waals surface area contributed by atoms with Crippen molar-refractivity contribution in [1.82, 2.24) is 24.9 Å². The van der Waals surface area contributed by atoms with E-state index in [2.05, 4.69) is 34.3 Å². The molecule has 3 heterocycles. The van der Waals surface area contributed by atoms with E-state index in [0.717, 1.165) is 65.7 Å². The Balaban J connectivity index is 1.37. The molecule has 9 heteroatoms. The van der Waals surface area contributed by atoms with Crippen LogP contribution in [0.25, 0.3) is 21.3 Å². The van der Waals surface area contributed by atoms with Crippen molar-refractivity contribution in [3.63, 3.8) is 0 Å². The number of morpholine rings is 1. The number of aryl methyl sites for hydroxylation is 1. The van der Waals surface area contributed by atoms with Crippen LogP contribution < -0.4 is 4.90 Å². The summed E-state index contributed by atoms with van der Waals surface area (Å²) in [4.78, 5) is 22.4. The summed E-state index contributed by atoms with van der Waals surface area (Å²) in [5, 5.41) is 9.12. The van der Waals surface area contributed by atoms with Gasteiger partial charge in [-0.2, -0.15) is 0 Å². The number of hydrogen-bond donors (Lipinski definition) is 0. The van der Waals surface area contributed by atoms with Gasteiger partial charge in [-0.25, -0.2) is 9.67 Å². The van der Waals surface area contributed by atoms with Crippen molar-refractivity contribution in [1.29, 1.82) is 0 Å². The van der Waals surface area contributed by atoms with Gasteiger partial charge < -0.3 is 4.74 Å². The quantitative estimate of drug-likeness (QED) is 0.431. The number of ether oxygens (including phenoxy) is 1. The minimum Gasteiger partial charge on any atom is -0.379 e. The molecule has 4 aromatic rings. The number of para-hydroxylation sites is 1. The predicted molar refractivity (Wildman–Crippen MR) is 126 cm³/mol. The fourth-order valence-corrected chi connectivity index (χ4v) is 5.09. The highest BCUT2D eigenvalue weighted by Crippen LogP contribution is 2.30. The van der Waals surface area contributed by atoms with Crippen molar-refractivity contribution in [3.8, 4) is 0 Å². The van der Waals surface area contributed by atoms with Gasteiger partial charge >= 0.3 is 0 Å². The van der Waals surface area contributed by atoms with E-state index in [4.69, 9.17) is 9.72 Å². The van der Waals surface area contributed by atoms with E-state index in [9.17, 15) is 4.79 Å². The van der Waals surface area contributed by atoms with Gasteiger partial charge in [-0.15, -0.1) is 5.10 Å².